The Bertz CT molecular complexity index is 1370. The van der Waals surface area contributed by atoms with Crippen molar-refractivity contribution in [1.29, 1.82) is 5.26 Å². The van der Waals surface area contributed by atoms with Gasteiger partial charge in [0.25, 0.3) is 5.91 Å². The van der Waals surface area contributed by atoms with Crippen LogP contribution in [0.4, 0.5) is 5.69 Å². The Morgan fingerprint density at radius 2 is 1.81 bits per heavy atom. The molecule has 0 heterocycles. The number of ether oxygens (including phenoxy) is 1. The largest absolute Gasteiger partial charge is 0.483 e. The lowest BCUT2D eigenvalue weighted by Gasteiger charge is -2.13. The van der Waals surface area contributed by atoms with Crippen molar-refractivity contribution in [1.82, 2.24) is 4.72 Å². The van der Waals surface area contributed by atoms with E-state index in [9.17, 15) is 19.6 Å². The van der Waals surface area contributed by atoms with Crippen molar-refractivity contribution < 1.29 is 19.1 Å². The van der Waals surface area contributed by atoms with Gasteiger partial charge in [-0.3, -0.25) is 19.1 Å². The first-order chi connectivity index (χ1) is 17.2. The van der Waals surface area contributed by atoms with Crippen molar-refractivity contribution in [3.63, 3.8) is 0 Å². The Hall–Kier alpha value is -3.80. The summed E-state index contributed by atoms with van der Waals surface area (Å²) < 4.78 is 8.42. The third-order valence-corrected chi connectivity index (χ3v) is 6.14. The van der Waals surface area contributed by atoms with Gasteiger partial charge in [-0.2, -0.15) is 5.26 Å². The van der Waals surface area contributed by atoms with E-state index in [0.717, 1.165) is 16.0 Å². The number of aryl methyl sites for hydroxylation is 2. The molecule has 36 heavy (non-hydrogen) atoms. The van der Waals surface area contributed by atoms with Crippen LogP contribution in [0.1, 0.15) is 46.0 Å². The highest BCUT2D eigenvalue weighted by molar-refractivity contribution is 7.98. The smallest absolute Gasteiger partial charge is 0.262 e. The summed E-state index contributed by atoms with van der Waals surface area (Å²) in [5.74, 6) is -0.643. The third-order valence-electron chi connectivity index (χ3n) is 5.09. The Morgan fingerprint density at radius 3 is 2.50 bits per heavy atom. The topological polar surface area (TPSA) is 108 Å². The van der Waals surface area contributed by atoms with E-state index in [1.807, 2.05) is 19.1 Å². The molecule has 2 amide bonds. The molecule has 0 atom stereocenters. The summed E-state index contributed by atoms with van der Waals surface area (Å²) in [7, 11) is 0. The summed E-state index contributed by atoms with van der Waals surface area (Å²) in [5, 5.41) is 12.4. The number of carbonyl (C=O) groups is 3. The zero-order valence-corrected chi connectivity index (χ0v) is 21.5. The summed E-state index contributed by atoms with van der Waals surface area (Å²) in [5.41, 5.74) is 3.08. The number of carbonyl (C=O) groups excluding carboxylic acids is 3. The van der Waals surface area contributed by atoms with Crippen LogP contribution in [0.5, 0.6) is 5.75 Å². The van der Waals surface area contributed by atoms with Gasteiger partial charge in [-0.05, 0) is 91.5 Å². The molecule has 3 aromatic rings. The molecule has 2 N–H and O–H groups in total. The Kier molecular flexibility index (Phi) is 9.12. The van der Waals surface area contributed by atoms with E-state index in [1.54, 1.807) is 44.2 Å². The number of ketones is 1. The van der Waals surface area contributed by atoms with Crippen LogP contribution >= 0.6 is 23.5 Å². The molecule has 7 nitrogen and oxygen atoms in total. The maximum absolute atomic E-state index is 13.2. The Balaban J connectivity index is 1.70. The van der Waals surface area contributed by atoms with Gasteiger partial charge in [0.05, 0.1) is 17.2 Å². The van der Waals surface area contributed by atoms with Gasteiger partial charge in [0, 0.05) is 27.6 Å². The zero-order valence-electron chi connectivity index (χ0n) is 20.0. The van der Waals surface area contributed by atoms with Crippen molar-refractivity contribution >= 4 is 46.8 Å². The molecule has 0 fully saturated rings. The quantitative estimate of drug-likeness (QED) is 0.280. The molecule has 0 aliphatic heterocycles. The Morgan fingerprint density at radius 1 is 1.03 bits per heavy atom. The molecule has 0 unspecified atom stereocenters. The number of nitriles is 1. The van der Waals surface area contributed by atoms with E-state index in [-0.39, 0.29) is 29.6 Å². The molecule has 0 aliphatic rings. The number of amides is 2. The van der Waals surface area contributed by atoms with E-state index in [1.165, 1.54) is 30.1 Å². The number of nitrogens with one attached hydrogen (secondary N) is 2. The van der Waals surface area contributed by atoms with Crippen LogP contribution < -0.4 is 14.8 Å². The second-order valence-corrected chi connectivity index (χ2v) is 9.28. The fourth-order valence-corrected chi connectivity index (χ4v) is 4.22. The number of benzene rings is 3. The number of anilines is 1. The number of rotatable bonds is 9. The molecule has 3 aromatic carbocycles. The summed E-state index contributed by atoms with van der Waals surface area (Å²) in [6, 6.07) is 16.9. The highest BCUT2D eigenvalue weighted by Crippen LogP contribution is 2.27. The van der Waals surface area contributed by atoms with Crippen LogP contribution in [0.2, 0.25) is 5.02 Å². The van der Waals surface area contributed by atoms with Gasteiger partial charge in [-0.25, -0.2) is 0 Å². The van der Waals surface area contributed by atoms with Crippen LogP contribution in [0.3, 0.4) is 0 Å². The van der Waals surface area contributed by atoms with E-state index < -0.39 is 5.91 Å². The molecule has 0 bridgehead atoms. The van der Waals surface area contributed by atoms with Gasteiger partial charge < -0.3 is 10.1 Å². The van der Waals surface area contributed by atoms with Gasteiger partial charge in [0.2, 0.25) is 5.91 Å². The monoisotopic (exact) mass is 521 g/mol. The second kappa shape index (κ2) is 12.2. The molecular formula is C27H24ClN3O4S. The van der Waals surface area contributed by atoms with Crippen LogP contribution in [0.15, 0.2) is 59.5 Å². The number of hydrogen-bond donors (Lipinski definition) is 2. The average Bonchev–Trinajstić information content (AvgIpc) is 2.86. The van der Waals surface area contributed by atoms with Gasteiger partial charge in [0.1, 0.15) is 5.75 Å². The summed E-state index contributed by atoms with van der Waals surface area (Å²) >= 11 is 7.33. The lowest BCUT2D eigenvalue weighted by molar-refractivity contribution is -0.119. The van der Waals surface area contributed by atoms with Crippen LogP contribution in [-0.4, -0.2) is 24.2 Å². The molecule has 0 spiro atoms. The predicted octanol–water partition coefficient (Wildman–Crippen LogP) is 5.61. The molecule has 0 aromatic heterocycles. The second-order valence-electron chi connectivity index (χ2n) is 7.96. The number of halogens is 1. The molecule has 3 rings (SSSR count). The first-order valence-electron chi connectivity index (χ1n) is 11.0. The average molecular weight is 522 g/mol. The molecule has 0 saturated carbocycles. The predicted molar refractivity (Wildman–Crippen MR) is 140 cm³/mol. The minimum atomic E-state index is -0.409. The minimum Gasteiger partial charge on any atom is -0.483 e. The van der Waals surface area contributed by atoms with E-state index in [0.29, 0.717) is 28.3 Å². The SMILES string of the molecule is CCC(=O)NSc1ccc(NC(=O)COc2ccc(Cl)cc2C(=O)c2cc(C)cc(C#N)c2)c(C)c1. The minimum absolute atomic E-state index is 0.0693. The molecule has 0 aliphatic carbocycles. The fraction of sp³-hybridized carbons (Fsp3) is 0.185. The number of hydrogen-bond acceptors (Lipinski definition) is 6. The van der Waals surface area contributed by atoms with Gasteiger partial charge in [-0.1, -0.05) is 18.5 Å². The molecule has 0 radical (unpaired) electrons. The highest BCUT2D eigenvalue weighted by atomic mass is 35.5. The van der Waals surface area contributed by atoms with Crippen molar-refractivity contribution in [2.45, 2.75) is 32.1 Å². The lowest BCUT2D eigenvalue weighted by Crippen LogP contribution is -2.21. The molecule has 0 saturated heterocycles. The molecule has 9 heteroatoms. The number of nitrogens with zero attached hydrogens (tertiary/aromatic N) is 1. The molecule has 184 valence electrons. The van der Waals surface area contributed by atoms with E-state index in [4.69, 9.17) is 16.3 Å². The van der Waals surface area contributed by atoms with Crippen molar-refractivity contribution in [3.8, 4) is 11.8 Å². The third kappa shape index (κ3) is 7.11. The van der Waals surface area contributed by atoms with Crippen molar-refractivity contribution in [2.75, 3.05) is 11.9 Å². The zero-order chi connectivity index (χ0) is 26.2. The van der Waals surface area contributed by atoms with Gasteiger partial charge in [0.15, 0.2) is 12.4 Å². The molecular weight excluding hydrogens is 498 g/mol. The maximum atomic E-state index is 13.2. The summed E-state index contributed by atoms with van der Waals surface area (Å²) in [4.78, 5) is 38.0. The highest BCUT2D eigenvalue weighted by Gasteiger charge is 2.18. The Labute approximate surface area is 218 Å². The van der Waals surface area contributed by atoms with E-state index >= 15 is 0 Å². The first kappa shape index (κ1) is 26.8. The van der Waals surface area contributed by atoms with Crippen molar-refractivity contribution in [3.05, 3.63) is 87.4 Å². The maximum Gasteiger partial charge on any atom is 0.262 e. The van der Waals surface area contributed by atoms with Crippen LogP contribution in [0, 0.1) is 25.2 Å². The van der Waals surface area contributed by atoms with Gasteiger partial charge in [-0.15, -0.1) is 0 Å². The summed E-state index contributed by atoms with van der Waals surface area (Å²) in [6.07, 6.45) is 0.396. The normalized spacial score (nSPS) is 10.3. The first-order valence-corrected chi connectivity index (χ1v) is 12.2. The van der Waals surface area contributed by atoms with Crippen molar-refractivity contribution in [2.24, 2.45) is 0 Å². The van der Waals surface area contributed by atoms with Gasteiger partial charge >= 0.3 is 0 Å². The fourth-order valence-electron chi connectivity index (χ4n) is 3.30. The summed E-state index contributed by atoms with van der Waals surface area (Å²) in [6.45, 7) is 5.08. The van der Waals surface area contributed by atoms with E-state index in [2.05, 4.69) is 10.0 Å². The standard InChI is InChI=1S/C27H24ClN3O4S/c1-4-25(32)31-36-21-6-7-23(17(3)11-21)30-26(33)15-35-24-8-5-20(28)13-22(24)27(34)19-10-16(2)9-18(12-19)14-29/h5-13H,4,15H2,1-3H3,(H,30,33)(H,31,32). The van der Waals surface area contributed by atoms with Crippen LogP contribution in [-0.2, 0) is 9.59 Å². The van der Waals surface area contributed by atoms with Crippen LogP contribution in [0.25, 0.3) is 0 Å². The lowest BCUT2D eigenvalue weighted by atomic mass is 9.98.